The van der Waals surface area contributed by atoms with Crippen LogP contribution in [-0.2, 0) is 4.74 Å². The molecule has 1 aromatic heterocycles. The van der Waals surface area contributed by atoms with Gasteiger partial charge in [0.2, 0.25) is 5.88 Å². The third-order valence-electron chi connectivity index (χ3n) is 2.94. The normalized spacial score (nSPS) is 24.0. The smallest absolute Gasteiger partial charge is 0.232 e. The predicted octanol–water partition coefficient (Wildman–Crippen LogP) is 1.68. The number of nitriles is 1. The van der Waals surface area contributed by atoms with Crippen LogP contribution >= 0.6 is 0 Å². The maximum absolute atomic E-state index is 8.61. The molecule has 2 rings (SSSR count). The van der Waals surface area contributed by atoms with Gasteiger partial charge in [0.25, 0.3) is 0 Å². The highest BCUT2D eigenvalue weighted by molar-refractivity contribution is 5.18. The number of ether oxygens (including phenoxy) is 2. The van der Waals surface area contributed by atoms with Crippen molar-refractivity contribution in [3.05, 3.63) is 18.1 Å². The van der Waals surface area contributed by atoms with E-state index >= 15 is 0 Å². The Balaban J connectivity index is 1.93. The Hall–Kier alpha value is -1.67. The Morgan fingerprint density at radius 2 is 2.12 bits per heavy atom. The fourth-order valence-corrected chi connectivity index (χ4v) is 2.03. The lowest BCUT2D eigenvalue weighted by Gasteiger charge is -2.28. The molecule has 2 atom stereocenters. The fourth-order valence-electron chi connectivity index (χ4n) is 2.03. The van der Waals surface area contributed by atoms with Crippen molar-refractivity contribution in [1.29, 1.82) is 5.26 Å². The van der Waals surface area contributed by atoms with Gasteiger partial charge in [-0.3, -0.25) is 0 Å². The number of hydrogen-bond donors (Lipinski definition) is 0. The zero-order valence-corrected chi connectivity index (χ0v) is 9.80. The van der Waals surface area contributed by atoms with Crippen LogP contribution in [0.5, 0.6) is 5.88 Å². The Morgan fingerprint density at radius 3 is 2.76 bits per heavy atom. The summed E-state index contributed by atoms with van der Waals surface area (Å²) in [4.78, 5) is 7.97. The molecule has 0 bridgehead atoms. The maximum atomic E-state index is 8.61. The number of aromatic nitrogens is 2. The summed E-state index contributed by atoms with van der Waals surface area (Å²) in [7, 11) is 1.73. The summed E-state index contributed by atoms with van der Waals surface area (Å²) in [6.45, 7) is 0. The molecule has 0 saturated heterocycles. The van der Waals surface area contributed by atoms with Gasteiger partial charge in [0.1, 0.15) is 12.2 Å². The lowest BCUT2D eigenvalue weighted by molar-refractivity contribution is 0.0194. The largest absolute Gasteiger partial charge is 0.473 e. The molecule has 0 N–H and O–H groups in total. The van der Waals surface area contributed by atoms with E-state index < -0.39 is 0 Å². The van der Waals surface area contributed by atoms with E-state index in [9.17, 15) is 0 Å². The second-order valence-electron chi connectivity index (χ2n) is 4.12. The molecular weight excluding hydrogens is 218 g/mol. The molecule has 1 aliphatic carbocycles. The highest BCUT2D eigenvalue weighted by Crippen LogP contribution is 2.24. The monoisotopic (exact) mass is 233 g/mol. The summed E-state index contributed by atoms with van der Waals surface area (Å²) in [5.74, 6) is 0.478. The van der Waals surface area contributed by atoms with Crippen LogP contribution in [0.3, 0.4) is 0 Å². The summed E-state index contributed by atoms with van der Waals surface area (Å²) in [6.07, 6.45) is 7.43. The molecule has 1 aromatic rings. The first kappa shape index (κ1) is 11.8. The minimum atomic E-state index is 0.135. The summed E-state index contributed by atoms with van der Waals surface area (Å²) >= 11 is 0. The molecule has 1 fully saturated rings. The molecule has 0 aromatic carbocycles. The van der Waals surface area contributed by atoms with Gasteiger partial charge in [0.05, 0.1) is 18.5 Å². The van der Waals surface area contributed by atoms with Gasteiger partial charge in [-0.05, 0) is 19.3 Å². The Labute approximate surface area is 100 Å². The Kier molecular flexibility index (Phi) is 3.89. The molecule has 0 aliphatic heterocycles. The first-order chi connectivity index (χ1) is 8.31. The van der Waals surface area contributed by atoms with Gasteiger partial charge >= 0.3 is 0 Å². The van der Waals surface area contributed by atoms with E-state index in [1.165, 1.54) is 12.4 Å². The van der Waals surface area contributed by atoms with E-state index in [2.05, 4.69) is 9.97 Å². The summed E-state index contributed by atoms with van der Waals surface area (Å²) in [5.41, 5.74) is 0.302. The van der Waals surface area contributed by atoms with Crippen molar-refractivity contribution in [3.63, 3.8) is 0 Å². The molecule has 90 valence electrons. The van der Waals surface area contributed by atoms with Crippen LogP contribution in [0.1, 0.15) is 31.4 Å². The number of hydrogen-bond acceptors (Lipinski definition) is 5. The first-order valence-corrected chi connectivity index (χ1v) is 5.73. The van der Waals surface area contributed by atoms with Crippen molar-refractivity contribution in [1.82, 2.24) is 9.97 Å². The van der Waals surface area contributed by atoms with Crippen molar-refractivity contribution >= 4 is 0 Å². The molecule has 1 aliphatic rings. The van der Waals surface area contributed by atoms with Gasteiger partial charge in [-0.25, -0.2) is 9.97 Å². The molecule has 5 heteroatoms. The van der Waals surface area contributed by atoms with Crippen LogP contribution in [0, 0.1) is 11.3 Å². The molecule has 0 spiro atoms. The molecule has 1 saturated carbocycles. The van der Waals surface area contributed by atoms with Crippen LogP contribution < -0.4 is 4.74 Å². The Morgan fingerprint density at radius 1 is 1.29 bits per heavy atom. The highest BCUT2D eigenvalue weighted by atomic mass is 16.5. The van der Waals surface area contributed by atoms with Crippen LogP contribution in [-0.4, -0.2) is 29.3 Å². The lowest BCUT2D eigenvalue weighted by Crippen LogP contribution is -2.29. The second kappa shape index (κ2) is 5.60. The zero-order chi connectivity index (χ0) is 12.1. The molecule has 17 heavy (non-hydrogen) atoms. The third-order valence-corrected chi connectivity index (χ3v) is 2.94. The number of methoxy groups -OCH3 is 1. The van der Waals surface area contributed by atoms with Crippen LogP contribution in [0.2, 0.25) is 0 Å². The van der Waals surface area contributed by atoms with Gasteiger partial charge in [0, 0.05) is 13.5 Å². The average Bonchev–Trinajstić information content (AvgIpc) is 2.40. The van der Waals surface area contributed by atoms with Gasteiger partial charge in [-0.1, -0.05) is 0 Å². The van der Waals surface area contributed by atoms with Crippen molar-refractivity contribution in [2.75, 3.05) is 7.11 Å². The topological polar surface area (TPSA) is 68.0 Å². The third kappa shape index (κ3) is 3.14. The van der Waals surface area contributed by atoms with Crippen molar-refractivity contribution < 1.29 is 9.47 Å². The van der Waals surface area contributed by atoms with Crippen LogP contribution in [0.25, 0.3) is 0 Å². The highest BCUT2D eigenvalue weighted by Gasteiger charge is 2.23. The van der Waals surface area contributed by atoms with E-state index in [0.717, 1.165) is 25.7 Å². The molecule has 5 nitrogen and oxygen atoms in total. The Bertz CT molecular complexity index is 399. The van der Waals surface area contributed by atoms with E-state index in [4.69, 9.17) is 14.7 Å². The maximum Gasteiger partial charge on any atom is 0.232 e. The summed E-state index contributed by atoms with van der Waals surface area (Å²) in [6, 6.07) is 1.92. The minimum absolute atomic E-state index is 0.135. The first-order valence-electron chi connectivity index (χ1n) is 5.73. The quantitative estimate of drug-likeness (QED) is 0.794. The van der Waals surface area contributed by atoms with Crippen molar-refractivity contribution in [2.45, 2.75) is 37.9 Å². The standard InChI is InChI=1S/C12H15N3O2/c1-16-10-3-2-4-11(5-10)17-12-8-14-9(6-13)7-15-12/h7-8,10-11H,2-5H2,1H3. The SMILES string of the molecule is COC1CCCC(Oc2cnc(C#N)cn2)C1. The molecule has 0 radical (unpaired) electrons. The summed E-state index contributed by atoms with van der Waals surface area (Å²) in [5, 5.41) is 8.61. The summed E-state index contributed by atoms with van der Waals surface area (Å²) < 4.78 is 11.1. The number of nitrogens with zero attached hydrogens (tertiary/aromatic N) is 3. The molecule has 0 amide bonds. The number of rotatable bonds is 3. The van der Waals surface area contributed by atoms with Gasteiger partial charge in [0.15, 0.2) is 5.69 Å². The van der Waals surface area contributed by atoms with Crippen LogP contribution in [0.15, 0.2) is 12.4 Å². The van der Waals surface area contributed by atoms with E-state index in [1.807, 2.05) is 6.07 Å². The van der Waals surface area contributed by atoms with E-state index in [-0.39, 0.29) is 12.2 Å². The van der Waals surface area contributed by atoms with Crippen molar-refractivity contribution in [3.8, 4) is 11.9 Å². The van der Waals surface area contributed by atoms with Gasteiger partial charge in [-0.2, -0.15) is 5.26 Å². The van der Waals surface area contributed by atoms with Crippen molar-refractivity contribution in [2.24, 2.45) is 0 Å². The molecule has 1 heterocycles. The predicted molar refractivity (Wildman–Crippen MR) is 60.4 cm³/mol. The second-order valence-corrected chi connectivity index (χ2v) is 4.12. The van der Waals surface area contributed by atoms with Gasteiger partial charge < -0.3 is 9.47 Å². The molecule has 2 unspecified atom stereocenters. The lowest BCUT2D eigenvalue weighted by atomic mass is 9.95. The van der Waals surface area contributed by atoms with Gasteiger partial charge in [-0.15, -0.1) is 0 Å². The van der Waals surface area contributed by atoms with E-state index in [0.29, 0.717) is 11.6 Å². The fraction of sp³-hybridized carbons (Fsp3) is 0.583. The minimum Gasteiger partial charge on any atom is -0.473 e. The molecular formula is C12H15N3O2. The van der Waals surface area contributed by atoms with Crippen LogP contribution in [0.4, 0.5) is 0 Å². The average molecular weight is 233 g/mol. The zero-order valence-electron chi connectivity index (χ0n) is 9.80. The van der Waals surface area contributed by atoms with E-state index in [1.54, 1.807) is 7.11 Å².